The molecule has 9 nitrogen and oxygen atoms in total. The number of quaternary nitrogens is 1. The van der Waals surface area contributed by atoms with Crippen molar-refractivity contribution in [1.29, 1.82) is 0 Å². The fourth-order valence-electron chi connectivity index (χ4n) is 8.49. The Morgan fingerprint density at radius 3 is 1.27 bits per heavy atom. The van der Waals surface area contributed by atoms with Gasteiger partial charge in [0.2, 0.25) is 5.91 Å². The highest BCUT2D eigenvalue weighted by Crippen LogP contribution is 2.43. The average molecular weight is 1120 g/mol. The molecule has 0 aromatic carbocycles. The van der Waals surface area contributed by atoms with E-state index in [9.17, 15) is 19.0 Å². The Kier molecular flexibility index (Phi) is 55.0. The van der Waals surface area contributed by atoms with E-state index in [1.165, 1.54) is 103 Å². The van der Waals surface area contributed by atoms with Gasteiger partial charge in [-0.05, 0) is 115 Å². The van der Waals surface area contributed by atoms with Crippen LogP contribution in [0.5, 0.6) is 0 Å². The van der Waals surface area contributed by atoms with Crippen LogP contribution >= 0.6 is 7.82 Å². The first-order valence-corrected chi connectivity index (χ1v) is 33.4. The minimum Gasteiger partial charge on any atom is -0.456 e. The first kappa shape index (κ1) is 75.4. The van der Waals surface area contributed by atoms with E-state index in [1.807, 2.05) is 33.3 Å². The zero-order valence-electron chi connectivity index (χ0n) is 51.6. The van der Waals surface area contributed by atoms with E-state index in [-0.39, 0.29) is 31.5 Å². The summed E-state index contributed by atoms with van der Waals surface area (Å²) in [7, 11) is 1.44. The van der Waals surface area contributed by atoms with E-state index >= 15 is 0 Å². The van der Waals surface area contributed by atoms with Gasteiger partial charge < -0.3 is 19.4 Å². The van der Waals surface area contributed by atoms with Gasteiger partial charge in [0.05, 0.1) is 33.8 Å². The standard InChI is InChI=1S/C69H119N2O7P/c1-7-10-13-16-19-22-25-28-30-32-33-34-35-36-37-39-40-43-46-49-52-55-58-61-68(72)70-66(65-77-79(74,75)76-64-63-71(4,5)6)67(60-57-54-51-48-45-42-27-24-21-18-15-12-9-3)78-69(73)62-59-56-53-50-47-44-41-38-31-29-26-23-20-17-14-11-8-2/h10,13,19-20,22-23,28-31,33-34,36-37,41,44,50,53,57,60,66-67H,7-9,11-12,14-18,21,24-27,32,35,38-40,42-43,45-49,51-52,54-56,58-59,61-65H2,1-6H3,(H-,70,72,74,75)/p+1/b13-10-,22-19-,23-20-,30-28-,31-29-,34-33-,37-36-,44-41-,53-50-,60-57-. The number of carbonyl (C=O) groups is 2. The van der Waals surface area contributed by atoms with E-state index in [2.05, 4.69) is 135 Å². The molecule has 3 unspecified atom stereocenters. The molecule has 1 amide bonds. The van der Waals surface area contributed by atoms with Crippen molar-refractivity contribution >= 4 is 19.7 Å². The molecule has 0 aromatic heterocycles. The molecule has 0 aliphatic heterocycles. The topological polar surface area (TPSA) is 111 Å². The number of carbonyl (C=O) groups excluding carboxylic acids is 2. The minimum atomic E-state index is -4.47. The Bertz CT molecular complexity index is 1770. The number of phosphoric acid groups is 1. The van der Waals surface area contributed by atoms with Gasteiger partial charge in [0, 0.05) is 12.8 Å². The number of amides is 1. The van der Waals surface area contributed by atoms with Gasteiger partial charge in [0.1, 0.15) is 19.3 Å². The number of hydrogen-bond acceptors (Lipinski definition) is 6. The van der Waals surface area contributed by atoms with Gasteiger partial charge in [0.15, 0.2) is 0 Å². The number of rotatable bonds is 56. The van der Waals surface area contributed by atoms with Crippen LogP contribution in [0, 0.1) is 0 Å². The van der Waals surface area contributed by atoms with Gasteiger partial charge >= 0.3 is 13.8 Å². The number of nitrogens with one attached hydrogen (secondary N) is 1. The monoisotopic (exact) mass is 1120 g/mol. The van der Waals surface area contributed by atoms with Crippen LogP contribution in [0.2, 0.25) is 0 Å². The van der Waals surface area contributed by atoms with Crippen LogP contribution in [0.3, 0.4) is 0 Å². The Morgan fingerprint density at radius 1 is 0.456 bits per heavy atom. The number of ether oxygens (including phenoxy) is 1. The van der Waals surface area contributed by atoms with Crippen LogP contribution < -0.4 is 5.32 Å². The van der Waals surface area contributed by atoms with Crippen molar-refractivity contribution in [3.63, 3.8) is 0 Å². The SMILES string of the molecule is CC/C=C\C/C=C\C/C=C\C/C=C\C/C=C\CCCCCCCCCC(=O)NC(COP(=O)(O)OCC[N+](C)(C)C)C(/C=C\CCCCCCCCCCCCC)OC(=O)CCC/C=C\C/C=C\C/C=C\C/C=C\CCCCC. The molecule has 2 N–H and O–H groups in total. The predicted octanol–water partition coefficient (Wildman–Crippen LogP) is 19.9. The zero-order valence-corrected chi connectivity index (χ0v) is 52.5. The summed E-state index contributed by atoms with van der Waals surface area (Å²) in [5, 5.41) is 3.04. The Labute approximate surface area is 486 Å². The summed E-state index contributed by atoms with van der Waals surface area (Å²) in [4.78, 5) is 37.7. The van der Waals surface area contributed by atoms with Crippen molar-refractivity contribution in [3.8, 4) is 0 Å². The van der Waals surface area contributed by atoms with E-state index in [0.717, 1.165) is 109 Å². The lowest BCUT2D eigenvalue weighted by Crippen LogP contribution is -2.47. The molecule has 0 fully saturated rings. The van der Waals surface area contributed by atoms with Crippen LogP contribution in [0.15, 0.2) is 122 Å². The highest BCUT2D eigenvalue weighted by molar-refractivity contribution is 7.47. The van der Waals surface area contributed by atoms with Gasteiger partial charge in [0.25, 0.3) is 0 Å². The maximum Gasteiger partial charge on any atom is 0.472 e. The molecule has 0 saturated carbocycles. The van der Waals surface area contributed by atoms with Crippen LogP contribution in [-0.2, 0) is 27.9 Å². The summed E-state index contributed by atoms with van der Waals surface area (Å²) in [6.45, 7) is 6.82. The fourth-order valence-corrected chi connectivity index (χ4v) is 9.22. The Hall–Kier alpha value is -3.59. The molecule has 0 radical (unpaired) electrons. The summed E-state index contributed by atoms with van der Waals surface area (Å²) in [6, 6.07) is -0.885. The van der Waals surface area contributed by atoms with Crippen LogP contribution in [0.4, 0.5) is 0 Å². The number of allylic oxidation sites excluding steroid dienone is 19. The molecule has 79 heavy (non-hydrogen) atoms. The maximum absolute atomic E-state index is 13.6. The lowest BCUT2D eigenvalue weighted by Gasteiger charge is -2.27. The van der Waals surface area contributed by atoms with Crippen LogP contribution in [0.25, 0.3) is 0 Å². The molecule has 0 saturated heterocycles. The Morgan fingerprint density at radius 2 is 0.823 bits per heavy atom. The predicted molar refractivity (Wildman–Crippen MR) is 341 cm³/mol. The van der Waals surface area contributed by atoms with Gasteiger partial charge in [-0.3, -0.25) is 18.6 Å². The molecule has 0 aliphatic rings. The van der Waals surface area contributed by atoms with Crippen molar-refractivity contribution < 1.29 is 37.3 Å². The lowest BCUT2D eigenvalue weighted by atomic mass is 10.0. The van der Waals surface area contributed by atoms with Gasteiger partial charge in [-0.15, -0.1) is 0 Å². The van der Waals surface area contributed by atoms with Gasteiger partial charge in [-0.1, -0.05) is 245 Å². The normalized spacial score (nSPS) is 14.5. The molecule has 0 aromatic rings. The third-order valence-corrected chi connectivity index (χ3v) is 14.4. The summed E-state index contributed by atoms with van der Waals surface area (Å²) >= 11 is 0. The molecular weight excluding hydrogens is 1000 g/mol. The number of unbranched alkanes of at least 4 members (excludes halogenated alkanes) is 22. The van der Waals surface area contributed by atoms with E-state index in [0.29, 0.717) is 23.9 Å². The van der Waals surface area contributed by atoms with E-state index in [4.69, 9.17) is 13.8 Å². The van der Waals surface area contributed by atoms with Crippen molar-refractivity contribution in [1.82, 2.24) is 5.32 Å². The first-order chi connectivity index (χ1) is 38.4. The van der Waals surface area contributed by atoms with E-state index < -0.39 is 20.0 Å². The number of phosphoric ester groups is 1. The van der Waals surface area contributed by atoms with Crippen molar-refractivity contribution in [2.24, 2.45) is 0 Å². The van der Waals surface area contributed by atoms with Crippen LogP contribution in [0.1, 0.15) is 252 Å². The molecule has 0 rings (SSSR count). The molecule has 3 atom stereocenters. The Balaban J connectivity index is 5.35. The van der Waals surface area contributed by atoms with Gasteiger partial charge in [-0.2, -0.15) is 0 Å². The van der Waals surface area contributed by atoms with Crippen molar-refractivity contribution in [2.45, 2.75) is 264 Å². The van der Waals surface area contributed by atoms with Crippen molar-refractivity contribution in [3.05, 3.63) is 122 Å². The van der Waals surface area contributed by atoms with Crippen LogP contribution in [-0.4, -0.2) is 74.3 Å². The largest absolute Gasteiger partial charge is 0.472 e. The third kappa shape index (κ3) is 58.9. The molecule has 0 bridgehead atoms. The number of nitrogens with zero attached hydrogens (tertiary/aromatic N) is 1. The molecule has 0 spiro atoms. The molecule has 10 heteroatoms. The highest BCUT2D eigenvalue weighted by atomic mass is 31.2. The molecule has 452 valence electrons. The number of esters is 1. The second-order valence-electron chi connectivity index (χ2n) is 22.2. The highest BCUT2D eigenvalue weighted by Gasteiger charge is 2.30. The molecule has 0 heterocycles. The average Bonchev–Trinajstić information content (AvgIpc) is 3.41. The second kappa shape index (κ2) is 57.6. The second-order valence-corrected chi connectivity index (χ2v) is 23.6. The van der Waals surface area contributed by atoms with Crippen molar-refractivity contribution in [2.75, 3.05) is 40.9 Å². The van der Waals surface area contributed by atoms with E-state index in [1.54, 1.807) is 0 Å². The zero-order chi connectivity index (χ0) is 57.9. The fraction of sp³-hybridized carbons (Fsp3) is 0.681. The molecule has 0 aliphatic carbocycles. The summed E-state index contributed by atoms with van der Waals surface area (Å²) < 4.78 is 30.7. The van der Waals surface area contributed by atoms with Gasteiger partial charge in [-0.25, -0.2) is 4.57 Å². The minimum absolute atomic E-state index is 0.0231. The summed E-state index contributed by atoms with van der Waals surface area (Å²) in [5.41, 5.74) is 0. The smallest absolute Gasteiger partial charge is 0.456 e. The number of likely N-dealkylation sites (N-methyl/N-ethyl adjacent to an activating group) is 1. The lowest BCUT2D eigenvalue weighted by molar-refractivity contribution is -0.870. The number of hydrogen-bond donors (Lipinski definition) is 2. The third-order valence-electron chi connectivity index (χ3n) is 13.4. The summed E-state index contributed by atoms with van der Waals surface area (Å²) in [6.07, 6.45) is 80.6. The molecular formula is C69H120N2O7P+. The quantitative estimate of drug-likeness (QED) is 0.0205. The maximum atomic E-state index is 13.6. The first-order valence-electron chi connectivity index (χ1n) is 31.9. The summed E-state index contributed by atoms with van der Waals surface area (Å²) in [5.74, 6) is -0.589.